The van der Waals surface area contributed by atoms with E-state index < -0.39 is 24.1 Å². The van der Waals surface area contributed by atoms with Crippen LogP contribution in [0.4, 0.5) is 8.78 Å². The average molecular weight is 709 g/mol. The van der Waals surface area contributed by atoms with E-state index in [2.05, 4.69) is 4.98 Å². The number of carbonyl (C=O) groups excluding carboxylic acids is 3. The van der Waals surface area contributed by atoms with Crippen LogP contribution in [0.3, 0.4) is 0 Å². The van der Waals surface area contributed by atoms with Gasteiger partial charge in [-0.25, -0.2) is 4.79 Å². The summed E-state index contributed by atoms with van der Waals surface area (Å²) in [7, 11) is 3.26. The molecule has 1 aliphatic heterocycles. The molecule has 1 aliphatic carbocycles. The van der Waals surface area contributed by atoms with Crippen molar-refractivity contribution in [3.63, 3.8) is 0 Å². The molecule has 47 heavy (non-hydrogen) atoms. The molecular weight excluding hydrogens is 675 g/mol. The smallest absolute Gasteiger partial charge is 0.387 e. The Kier molecular flexibility index (Phi) is 11.6. The number of hydrogen-bond acceptors (Lipinski definition) is 9. The van der Waals surface area contributed by atoms with Gasteiger partial charge in [-0.2, -0.15) is 8.78 Å². The number of benzene rings is 2. The van der Waals surface area contributed by atoms with Gasteiger partial charge in [-0.15, -0.1) is 11.8 Å². The Labute approximate surface area is 285 Å². The fourth-order valence-electron chi connectivity index (χ4n) is 5.01. The van der Waals surface area contributed by atoms with Crippen molar-refractivity contribution in [1.82, 2.24) is 14.8 Å². The summed E-state index contributed by atoms with van der Waals surface area (Å²) in [5.74, 6) is -0.202. The van der Waals surface area contributed by atoms with Gasteiger partial charge < -0.3 is 19.1 Å². The van der Waals surface area contributed by atoms with Crippen molar-refractivity contribution < 1.29 is 37.4 Å². The molecule has 9 nitrogen and oxygen atoms in total. The Hall–Kier alpha value is -3.45. The number of esters is 1. The molecule has 14 heteroatoms. The molecule has 2 heterocycles. The number of alkyl halides is 2. The lowest BCUT2D eigenvalue weighted by atomic mass is 10.0. The lowest BCUT2D eigenvalue weighted by Gasteiger charge is -2.26. The van der Waals surface area contributed by atoms with E-state index in [1.165, 1.54) is 47.3 Å². The van der Waals surface area contributed by atoms with Crippen LogP contribution in [-0.2, 0) is 16.0 Å². The fraction of sp³-hybridized carbons (Fsp3) is 0.394. The second kappa shape index (κ2) is 15.6. The first-order chi connectivity index (χ1) is 22.5. The number of hydrogen-bond donors (Lipinski definition) is 0. The van der Waals surface area contributed by atoms with E-state index in [-0.39, 0.29) is 46.2 Å². The van der Waals surface area contributed by atoms with Crippen molar-refractivity contribution in [3.05, 3.63) is 87.2 Å². The molecule has 1 saturated carbocycles. The number of Topliss-reactive ketones (excluding diaryl/α,β-unsaturated/α-hetero) is 1. The van der Waals surface area contributed by atoms with E-state index in [0.717, 1.165) is 12.8 Å². The number of amides is 1. The Morgan fingerprint density at radius 2 is 1.77 bits per heavy atom. The monoisotopic (exact) mass is 707 g/mol. The minimum Gasteiger partial charge on any atom is -0.489 e. The van der Waals surface area contributed by atoms with Gasteiger partial charge in [0, 0.05) is 56.3 Å². The maximum Gasteiger partial charge on any atom is 0.387 e. The minimum atomic E-state index is -3.06. The summed E-state index contributed by atoms with van der Waals surface area (Å²) in [5, 5.41) is -0.277. The van der Waals surface area contributed by atoms with Crippen LogP contribution in [0.2, 0.25) is 10.0 Å². The third-order valence-electron chi connectivity index (χ3n) is 7.70. The van der Waals surface area contributed by atoms with E-state index in [1.807, 2.05) is 0 Å². The molecule has 0 unspecified atom stereocenters. The van der Waals surface area contributed by atoms with Crippen molar-refractivity contribution in [2.45, 2.75) is 37.4 Å². The lowest BCUT2D eigenvalue weighted by Crippen LogP contribution is -2.39. The van der Waals surface area contributed by atoms with Gasteiger partial charge in [0.2, 0.25) is 0 Å². The maximum atomic E-state index is 13.8. The highest BCUT2D eigenvalue weighted by atomic mass is 35.5. The van der Waals surface area contributed by atoms with Gasteiger partial charge in [0.15, 0.2) is 22.7 Å². The highest BCUT2D eigenvalue weighted by molar-refractivity contribution is 8.00. The summed E-state index contributed by atoms with van der Waals surface area (Å²) >= 11 is 14.2. The second-order valence-electron chi connectivity index (χ2n) is 11.4. The van der Waals surface area contributed by atoms with E-state index in [1.54, 1.807) is 43.3 Å². The first-order valence-corrected chi connectivity index (χ1v) is 16.7. The number of nitrogens with zero attached hydrogens (tertiary/aromatic N) is 3. The van der Waals surface area contributed by atoms with Gasteiger partial charge in [0.25, 0.3) is 5.91 Å². The van der Waals surface area contributed by atoms with Crippen LogP contribution in [0.25, 0.3) is 0 Å². The van der Waals surface area contributed by atoms with Gasteiger partial charge in [-0.05, 0) is 54.2 Å². The molecule has 2 atom stereocenters. The summed E-state index contributed by atoms with van der Waals surface area (Å²) in [6, 6.07) is 10.9. The standard InChI is InChI=1S/C33H33Cl2F2N3O6S/c1-39(2)30(42)22-5-3-4-20(12-22)26(41)17-40-10-11-47-31(40)32(43)45-28(14-23-24(34)15-38-16-25(23)35)21-8-9-27(46-33(36)37)29(13-21)44-18-19-6-7-19/h3-5,8-9,12-13,15-16,19,28,31,33H,6-7,10-11,14,17-18H2,1-2H3/t28-,31-/m0/s1. The molecule has 2 aliphatic rings. The van der Waals surface area contributed by atoms with Crippen molar-refractivity contribution in [3.8, 4) is 11.5 Å². The molecule has 0 spiro atoms. The topological polar surface area (TPSA) is 98.3 Å². The van der Waals surface area contributed by atoms with Crippen molar-refractivity contribution in [2.24, 2.45) is 5.92 Å². The van der Waals surface area contributed by atoms with Gasteiger partial charge in [0.05, 0.1) is 23.2 Å². The van der Waals surface area contributed by atoms with Crippen LogP contribution in [0.1, 0.15) is 50.8 Å². The zero-order valence-corrected chi connectivity index (χ0v) is 28.0. The number of pyridine rings is 1. The molecule has 0 N–H and O–H groups in total. The van der Waals surface area contributed by atoms with Crippen LogP contribution < -0.4 is 9.47 Å². The van der Waals surface area contributed by atoms with E-state index in [0.29, 0.717) is 47.1 Å². The van der Waals surface area contributed by atoms with E-state index in [4.69, 9.17) is 37.4 Å². The zero-order chi connectivity index (χ0) is 33.7. The van der Waals surface area contributed by atoms with Gasteiger partial charge in [0.1, 0.15) is 6.10 Å². The van der Waals surface area contributed by atoms with Crippen LogP contribution in [0, 0.1) is 5.92 Å². The predicted octanol–water partition coefficient (Wildman–Crippen LogP) is 6.57. The second-order valence-corrected chi connectivity index (χ2v) is 13.5. The molecule has 0 bridgehead atoms. The highest BCUT2D eigenvalue weighted by Gasteiger charge is 2.36. The number of aromatic nitrogens is 1. The quantitative estimate of drug-likeness (QED) is 0.136. The summed E-state index contributed by atoms with van der Waals surface area (Å²) in [6.45, 7) is -2.34. The molecule has 0 radical (unpaired) electrons. The zero-order valence-electron chi connectivity index (χ0n) is 25.7. The van der Waals surface area contributed by atoms with Crippen LogP contribution in [0.5, 0.6) is 11.5 Å². The Bertz CT molecular complexity index is 1610. The minimum absolute atomic E-state index is 0.0477. The third-order valence-corrected chi connectivity index (χ3v) is 9.58. The molecule has 2 aromatic carbocycles. The number of halogens is 4. The van der Waals surface area contributed by atoms with Crippen LogP contribution >= 0.6 is 35.0 Å². The fourth-order valence-corrected chi connectivity index (χ4v) is 6.68. The van der Waals surface area contributed by atoms with Gasteiger partial charge in [-0.1, -0.05) is 41.4 Å². The van der Waals surface area contributed by atoms with E-state index in [9.17, 15) is 23.2 Å². The largest absolute Gasteiger partial charge is 0.489 e. The average Bonchev–Trinajstić information content (AvgIpc) is 3.76. The van der Waals surface area contributed by atoms with Crippen LogP contribution in [-0.4, -0.2) is 84.0 Å². The first-order valence-electron chi connectivity index (χ1n) is 14.9. The van der Waals surface area contributed by atoms with Crippen molar-refractivity contribution >= 4 is 52.6 Å². The number of thioether (sulfide) groups is 1. The Balaban J connectivity index is 1.38. The molecule has 1 saturated heterocycles. The molecular formula is C33H33Cl2F2N3O6S. The Morgan fingerprint density at radius 1 is 1.04 bits per heavy atom. The van der Waals surface area contributed by atoms with Crippen molar-refractivity contribution in [2.75, 3.05) is 39.5 Å². The number of ketones is 1. The van der Waals surface area contributed by atoms with E-state index >= 15 is 0 Å². The molecule has 250 valence electrons. The lowest BCUT2D eigenvalue weighted by molar-refractivity contribution is -0.151. The number of rotatable bonds is 14. The highest BCUT2D eigenvalue weighted by Crippen LogP contribution is 2.38. The SMILES string of the molecule is CN(C)C(=O)c1cccc(C(=O)CN2CCS[C@H]2C(=O)O[C@@H](Cc2c(Cl)cncc2Cl)c2ccc(OC(F)F)c(OCC3CC3)c2)c1. The molecule has 3 aromatic rings. The molecule has 1 amide bonds. The summed E-state index contributed by atoms with van der Waals surface area (Å²) in [5.41, 5.74) is 1.66. The van der Waals surface area contributed by atoms with Gasteiger partial charge >= 0.3 is 12.6 Å². The van der Waals surface area contributed by atoms with Crippen LogP contribution in [0.15, 0.2) is 54.9 Å². The molecule has 5 rings (SSSR count). The predicted molar refractivity (Wildman–Crippen MR) is 175 cm³/mol. The normalized spacial score (nSPS) is 17.0. The molecule has 1 aromatic heterocycles. The summed E-state index contributed by atoms with van der Waals surface area (Å²) < 4.78 is 43.0. The number of carbonyl (C=O) groups is 3. The van der Waals surface area contributed by atoms with Crippen molar-refractivity contribution in [1.29, 1.82) is 0 Å². The maximum absolute atomic E-state index is 13.8. The molecule has 2 fully saturated rings. The third kappa shape index (κ3) is 9.13. The van der Waals surface area contributed by atoms with Gasteiger partial charge in [-0.3, -0.25) is 19.5 Å². The Morgan fingerprint density at radius 3 is 2.45 bits per heavy atom. The summed E-state index contributed by atoms with van der Waals surface area (Å²) in [6.07, 6.45) is 3.91. The number of ether oxygens (including phenoxy) is 3. The first kappa shape index (κ1) is 34.9. The summed E-state index contributed by atoms with van der Waals surface area (Å²) in [4.78, 5) is 46.6.